The van der Waals surface area contributed by atoms with Crippen molar-refractivity contribution in [3.05, 3.63) is 36.2 Å². The molecule has 3 heterocycles. The van der Waals surface area contributed by atoms with E-state index in [0.29, 0.717) is 18.4 Å². The van der Waals surface area contributed by atoms with Gasteiger partial charge in [-0.25, -0.2) is 4.98 Å². The van der Waals surface area contributed by atoms with Crippen molar-refractivity contribution >= 4 is 0 Å². The van der Waals surface area contributed by atoms with Crippen molar-refractivity contribution in [1.29, 1.82) is 0 Å². The molecule has 1 aliphatic rings. The van der Waals surface area contributed by atoms with E-state index in [4.69, 9.17) is 0 Å². The quantitative estimate of drug-likeness (QED) is 0.867. The van der Waals surface area contributed by atoms with Gasteiger partial charge in [0, 0.05) is 31.7 Å². The molecule has 23 heavy (non-hydrogen) atoms. The number of halogens is 3. The number of aryl methyl sites for hydroxylation is 1. The molecule has 5 nitrogen and oxygen atoms in total. The topological polar surface area (TPSA) is 38.9 Å². The fourth-order valence-corrected chi connectivity index (χ4v) is 3.00. The molecule has 0 spiro atoms. The number of imidazole rings is 1. The molecular weight excluding hydrogens is 307 g/mol. The van der Waals surface area contributed by atoms with E-state index in [0.717, 1.165) is 31.5 Å². The molecule has 0 atom stereocenters. The molecular formula is C15H20F3N5. The van der Waals surface area contributed by atoms with E-state index in [1.54, 1.807) is 0 Å². The molecule has 0 amide bonds. The maximum atomic E-state index is 12.5. The van der Waals surface area contributed by atoms with Crippen LogP contribution in [-0.2, 0) is 13.1 Å². The van der Waals surface area contributed by atoms with E-state index in [1.807, 2.05) is 24.0 Å². The standard InChI is InChI=1S/C15H20F3N5/c1-12-8-20-23(9-12)13-2-5-21(6-3-13)10-14-19-4-7-22(14)11-15(16,17)18/h4,7-9,13H,2-3,5-6,10-11H2,1H3. The average Bonchev–Trinajstić information content (AvgIpc) is 3.08. The third-order valence-corrected chi connectivity index (χ3v) is 4.18. The molecule has 1 fully saturated rings. The molecule has 3 rings (SSSR count). The molecule has 1 saturated heterocycles. The maximum absolute atomic E-state index is 12.5. The summed E-state index contributed by atoms with van der Waals surface area (Å²) in [6.45, 7) is 3.16. The zero-order valence-electron chi connectivity index (χ0n) is 13.0. The van der Waals surface area contributed by atoms with Crippen LogP contribution in [0.4, 0.5) is 13.2 Å². The maximum Gasteiger partial charge on any atom is 0.406 e. The largest absolute Gasteiger partial charge is 0.406 e. The Morgan fingerprint density at radius 1 is 1.26 bits per heavy atom. The molecule has 0 unspecified atom stereocenters. The van der Waals surface area contributed by atoms with Crippen molar-refractivity contribution in [3.8, 4) is 0 Å². The molecule has 0 radical (unpaired) electrons. The molecule has 0 aliphatic carbocycles. The fourth-order valence-electron chi connectivity index (χ4n) is 3.00. The number of nitrogens with zero attached hydrogens (tertiary/aromatic N) is 5. The second kappa shape index (κ2) is 6.35. The molecule has 0 aromatic carbocycles. The van der Waals surface area contributed by atoms with Crippen LogP contribution in [0.15, 0.2) is 24.8 Å². The Hall–Kier alpha value is -1.83. The molecule has 0 saturated carbocycles. The van der Waals surface area contributed by atoms with Crippen molar-refractivity contribution in [1.82, 2.24) is 24.2 Å². The van der Waals surface area contributed by atoms with Crippen LogP contribution in [-0.4, -0.2) is 43.5 Å². The van der Waals surface area contributed by atoms with Crippen LogP contribution >= 0.6 is 0 Å². The van der Waals surface area contributed by atoms with E-state index < -0.39 is 12.7 Å². The molecule has 0 bridgehead atoms. The summed E-state index contributed by atoms with van der Waals surface area (Å²) in [5.74, 6) is 0.468. The minimum absolute atomic E-state index is 0.370. The van der Waals surface area contributed by atoms with Crippen molar-refractivity contribution in [2.75, 3.05) is 13.1 Å². The number of rotatable bonds is 4. The predicted octanol–water partition coefficient (Wildman–Crippen LogP) is 2.79. The lowest BCUT2D eigenvalue weighted by Gasteiger charge is -2.31. The van der Waals surface area contributed by atoms with Crippen molar-refractivity contribution < 1.29 is 13.2 Å². The lowest BCUT2D eigenvalue weighted by Crippen LogP contribution is -2.35. The number of hydrogen-bond acceptors (Lipinski definition) is 3. The first-order valence-electron chi connectivity index (χ1n) is 7.70. The number of hydrogen-bond donors (Lipinski definition) is 0. The SMILES string of the molecule is Cc1cnn(C2CCN(Cc3nccn3CC(F)(F)F)CC2)c1. The van der Waals surface area contributed by atoms with Crippen LogP contribution in [0.25, 0.3) is 0 Å². The normalized spacial score (nSPS) is 17.7. The molecule has 126 valence electrons. The summed E-state index contributed by atoms with van der Waals surface area (Å²) < 4.78 is 40.8. The highest BCUT2D eigenvalue weighted by molar-refractivity contribution is 5.01. The first-order valence-corrected chi connectivity index (χ1v) is 7.70. The summed E-state index contributed by atoms with van der Waals surface area (Å²) in [6.07, 6.45) is 4.38. The van der Waals surface area contributed by atoms with Gasteiger partial charge in [0.25, 0.3) is 0 Å². The van der Waals surface area contributed by atoms with E-state index in [9.17, 15) is 13.2 Å². The van der Waals surface area contributed by atoms with Gasteiger partial charge in [0.05, 0.1) is 18.8 Å². The number of alkyl halides is 3. The first kappa shape index (κ1) is 16.0. The highest BCUT2D eigenvalue weighted by atomic mass is 19.4. The zero-order valence-corrected chi connectivity index (χ0v) is 13.0. The number of likely N-dealkylation sites (tertiary alicyclic amines) is 1. The summed E-state index contributed by atoms with van der Waals surface area (Å²) in [5, 5.41) is 4.35. The minimum atomic E-state index is -4.22. The fraction of sp³-hybridized carbons (Fsp3) is 0.600. The Bertz CT molecular complexity index is 638. The van der Waals surface area contributed by atoms with E-state index >= 15 is 0 Å². The highest BCUT2D eigenvalue weighted by Gasteiger charge is 2.29. The molecule has 2 aromatic rings. The summed E-state index contributed by atoms with van der Waals surface area (Å²) in [6, 6.07) is 0.370. The van der Waals surface area contributed by atoms with Gasteiger partial charge in [0.1, 0.15) is 12.4 Å². The lowest BCUT2D eigenvalue weighted by atomic mass is 10.1. The Labute approximate surface area is 132 Å². The highest BCUT2D eigenvalue weighted by Crippen LogP contribution is 2.24. The van der Waals surface area contributed by atoms with Crippen LogP contribution in [0, 0.1) is 6.92 Å². The predicted molar refractivity (Wildman–Crippen MR) is 78.8 cm³/mol. The van der Waals surface area contributed by atoms with Gasteiger partial charge in [-0.3, -0.25) is 9.58 Å². The Morgan fingerprint density at radius 3 is 2.61 bits per heavy atom. The second-order valence-electron chi connectivity index (χ2n) is 6.09. The van der Waals surface area contributed by atoms with E-state index in [2.05, 4.69) is 15.0 Å². The molecule has 0 N–H and O–H groups in total. The van der Waals surface area contributed by atoms with Crippen LogP contribution < -0.4 is 0 Å². The van der Waals surface area contributed by atoms with Gasteiger partial charge in [-0.05, 0) is 25.3 Å². The Balaban J connectivity index is 1.56. The van der Waals surface area contributed by atoms with Crippen LogP contribution in [0.5, 0.6) is 0 Å². The van der Waals surface area contributed by atoms with Gasteiger partial charge in [-0.1, -0.05) is 0 Å². The van der Waals surface area contributed by atoms with Gasteiger partial charge in [-0.2, -0.15) is 18.3 Å². The van der Waals surface area contributed by atoms with Gasteiger partial charge < -0.3 is 4.57 Å². The molecule has 1 aliphatic heterocycles. The summed E-state index contributed by atoms with van der Waals surface area (Å²) in [4.78, 5) is 6.23. The second-order valence-corrected chi connectivity index (χ2v) is 6.09. The minimum Gasteiger partial charge on any atom is -0.325 e. The van der Waals surface area contributed by atoms with Crippen LogP contribution in [0.1, 0.15) is 30.3 Å². The van der Waals surface area contributed by atoms with E-state index in [1.165, 1.54) is 17.0 Å². The summed E-state index contributed by atoms with van der Waals surface area (Å²) in [5.41, 5.74) is 1.14. The van der Waals surface area contributed by atoms with E-state index in [-0.39, 0.29) is 0 Å². The number of aromatic nitrogens is 4. The molecule has 8 heteroatoms. The van der Waals surface area contributed by atoms with Gasteiger partial charge >= 0.3 is 6.18 Å². The molecule has 2 aromatic heterocycles. The van der Waals surface area contributed by atoms with Crippen molar-refractivity contribution in [3.63, 3.8) is 0 Å². The van der Waals surface area contributed by atoms with Crippen molar-refractivity contribution in [2.45, 2.75) is 45.1 Å². The zero-order chi connectivity index (χ0) is 16.4. The van der Waals surface area contributed by atoms with Crippen LogP contribution in [0.3, 0.4) is 0 Å². The third kappa shape index (κ3) is 4.13. The van der Waals surface area contributed by atoms with Crippen LogP contribution in [0.2, 0.25) is 0 Å². The smallest absolute Gasteiger partial charge is 0.325 e. The van der Waals surface area contributed by atoms with Gasteiger partial charge in [0.15, 0.2) is 0 Å². The summed E-state index contributed by atoms with van der Waals surface area (Å²) in [7, 11) is 0. The van der Waals surface area contributed by atoms with Gasteiger partial charge in [0.2, 0.25) is 0 Å². The average molecular weight is 327 g/mol. The summed E-state index contributed by atoms with van der Waals surface area (Å²) >= 11 is 0. The monoisotopic (exact) mass is 327 g/mol. The Kier molecular flexibility index (Phi) is 4.43. The third-order valence-electron chi connectivity index (χ3n) is 4.18. The number of piperidine rings is 1. The van der Waals surface area contributed by atoms with Gasteiger partial charge in [-0.15, -0.1) is 0 Å². The lowest BCUT2D eigenvalue weighted by molar-refractivity contribution is -0.141. The Morgan fingerprint density at radius 2 is 2.00 bits per heavy atom. The van der Waals surface area contributed by atoms with Crippen molar-refractivity contribution in [2.24, 2.45) is 0 Å². The first-order chi connectivity index (χ1) is 10.9.